The van der Waals surface area contributed by atoms with E-state index in [4.69, 9.17) is 15.2 Å². The molecule has 4 rings (SSSR count). The summed E-state index contributed by atoms with van der Waals surface area (Å²) in [7, 11) is -2.98. The highest BCUT2D eigenvalue weighted by Gasteiger charge is 2.40. The van der Waals surface area contributed by atoms with Crippen molar-refractivity contribution in [1.29, 1.82) is 0 Å². The molecule has 2 unspecified atom stereocenters. The number of aliphatic hydroxyl groups excluding tert-OH is 1. The van der Waals surface area contributed by atoms with Crippen LogP contribution in [0.3, 0.4) is 0 Å². The van der Waals surface area contributed by atoms with Crippen LogP contribution in [0.2, 0.25) is 0 Å². The average molecular weight is 669 g/mol. The highest BCUT2D eigenvalue weighted by Crippen LogP contribution is 2.32. The topological polar surface area (TPSA) is 169 Å². The van der Waals surface area contributed by atoms with Crippen molar-refractivity contribution < 1.29 is 37.4 Å². The van der Waals surface area contributed by atoms with Crippen LogP contribution in [0.25, 0.3) is 10.8 Å². The predicted octanol–water partition coefficient (Wildman–Crippen LogP) is 3.58. The Hall–Kier alpha value is -4.20. The number of alkyl carbamates (subject to hydrolysis) is 1. The Labute approximate surface area is 275 Å². The lowest BCUT2D eigenvalue weighted by atomic mass is 9.91. The second-order valence-corrected chi connectivity index (χ2v) is 14.5. The van der Waals surface area contributed by atoms with Crippen LogP contribution >= 0.6 is 0 Å². The minimum atomic E-state index is -4.43. The molecule has 0 bridgehead atoms. The van der Waals surface area contributed by atoms with Gasteiger partial charge in [0.15, 0.2) is 0 Å². The molecule has 1 fully saturated rings. The molecule has 3 aromatic rings. The van der Waals surface area contributed by atoms with Gasteiger partial charge in [-0.1, -0.05) is 42.5 Å². The van der Waals surface area contributed by atoms with Crippen LogP contribution in [0.4, 0.5) is 4.79 Å². The normalized spacial score (nSPS) is 15.7. The molecule has 0 aromatic heterocycles. The first-order valence-corrected chi connectivity index (χ1v) is 17.0. The number of sulfonamides is 1. The summed E-state index contributed by atoms with van der Waals surface area (Å²) in [4.78, 5) is 39.8. The van der Waals surface area contributed by atoms with Gasteiger partial charge in [-0.15, -0.1) is 0 Å². The quantitative estimate of drug-likeness (QED) is 0.246. The maximum atomic E-state index is 14.0. The number of carbonyl (C=O) groups is 3. The molecular weight excluding hydrogens is 624 g/mol. The average Bonchev–Trinajstić information content (AvgIpc) is 3.03. The number of aliphatic hydroxyl groups is 1. The van der Waals surface area contributed by atoms with Crippen molar-refractivity contribution in [3.05, 3.63) is 72.3 Å². The highest BCUT2D eigenvalue weighted by atomic mass is 32.2. The summed E-state index contributed by atoms with van der Waals surface area (Å²) in [5, 5.41) is 15.9. The van der Waals surface area contributed by atoms with Gasteiger partial charge in [-0.3, -0.25) is 9.59 Å². The number of nitrogens with one attached hydrogen (secondary N) is 1. The Balaban J connectivity index is 1.53. The first-order chi connectivity index (χ1) is 22.2. The number of carbonyl (C=O) groups excluding carboxylic acids is 3. The van der Waals surface area contributed by atoms with Crippen LogP contribution in [-0.2, 0) is 24.3 Å². The second kappa shape index (κ2) is 15.1. The summed E-state index contributed by atoms with van der Waals surface area (Å²) in [6, 6.07) is 18.0. The van der Waals surface area contributed by atoms with Crippen molar-refractivity contribution in [2.75, 3.05) is 33.3 Å². The van der Waals surface area contributed by atoms with E-state index in [0.29, 0.717) is 49.2 Å². The summed E-state index contributed by atoms with van der Waals surface area (Å²) < 4.78 is 39.3. The van der Waals surface area contributed by atoms with E-state index >= 15 is 0 Å². The minimum absolute atomic E-state index is 0.149. The van der Waals surface area contributed by atoms with Crippen molar-refractivity contribution in [2.24, 2.45) is 11.7 Å². The molecule has 254 valence electrons. The van der Waals surface area contributed by atoms with Gasteiger partial charge in [0, 0.05) is 32.6 Å². The third kappa shape index (κ3) is 8.99. The first-order valence-electron chi connectivity index (χ1n) is 15.6. The van der Waals surface area contributed by atoms with Crippen LogP contribution in [-0.4, -0.2) is 85.8 Å². The third-order valence-corrected chi connectivity index (χ3v) is 10.1. The van der Waals surface area contributed by atoms with Gasteiger partial charge in [0.05, 0.1) is 12.0 Å². The monoisotopic (exact) mass is 668 g/mol. The number of fused-ring (bicyclic) bond motifs is 1. The van der Waals surface area contributed by atoms with E-state index in [-0.39, 0.29) is 23.1 Å². The van der Waals surface area contributed by atoms with Gasteiger partial charge in [0.1, 0.15) is 23.5 Å². The number of rotatable bonds is 12. The molecule has 47 heavy (non-hydrogen) atoms. The van der Waals surface area contributed by atoms with Gasteiger partial charge >= 0.3 is 6.09 Å². The molecule has 1 heterocycles. The number of piperidine rings is 1. The number of nitrogens with two attached hydrogens (primary N) is 1. The number of nitrogens with zero attached hydrogens (tertiary/aromatic N) is 2. The zero-order valence-corrected chi connectivity index (χ0v) is 28.0. The fraction of sp³-hybridized carbons (Fsp3) is 0.441. The smallest absolute Gasteiger partial charge is 0.407 e. The summed E-state index contributed by atoms with van der Waals surface area (Å²) >= 11 is 0. The molecule has 0 radical (unpaired) electrons. The fourth-order valence-corrected chi connectivity index (χ4v) is 7.21. The van der Waals surface area contributed by atoms with Crippen molar-refractivity contribution in [1.82, 2.24) is 14.5 Å². The molecule has 4 N–H and O–H groups in total. The molecule has 12 nitrogen and oxygen atoms in total. The van der Waals surface area contributed by atoms with Crippen molar-refractivity contribution >= 4 is 38.7 Å². The molecule has 0 saturated carbocycles. The molecular formula is C34H44N4O8S. The number of likely N-dealkylation sites (tertiary alicyclic amines) is 1. The second-order valence-electron chi connectivity index (χ2n) is 12.6. The van der Waals surface area contributed by atoms with E-state index in [1.54, 1.807) is 49.9 Å². The lowest BCUT2D eigenvalue weighted by Gasteiger charge is -2.34. The molecule has 1 aliphatic rings. The van der Waals surface area contributed by atoms with Gasteiger partial charge in [-0.05, 0) is 80.1 Å². The van der Waals surface area contributed by atoms with Crippen LogP contribution in [0.5, 0.6) is 5.75 Å². The molecule has 13 heteroatoms. The molecule has 3 amide bonds. The summed E-state index contributed by atoms with van der Waals surface area (Å²) in [5.74, 6) is -2.07. The van der Waals surface area contributed by atoms with Crippen molar-refractivity contribution in [3.63, 3.8) is 0 Å². The summed E-state index contributed by atoms with van der Waals surface area (Å²) in [6.45, 7) is 6.23. The fourth-order valence-electron chi connectivity index (χ4n) is 5.72. The Bertz CT molecular complexity index is 1660. The number of hydrogen-bond acceptors (Lipinski definition) is 8. The van der Waals surface area contributed by atoms with Gasteiger partial charge in [0.25, 0.3) is 0 Å². The third-order valence-electron chi connectivity index (χ3n) is 8.17. The maximum Gasteiger partial charge on any atom is 0.407 e. The minimum Gasteiger partial charge on any atom is -0.497 e. The maximum absolute atomic E-state index is 14.0. The van der Waals surface area contributed by atoms with Crippen LogP contribution in [0.1, 0.15) is 51.5 Å². The Morgan fingerprint density at radius 1 is 1.02 bits per heavy atom. The number of primary amides is 1. The molecule has 1 saturated heterocycles. The number of methoxy groups -OCH3 is 1. The standard InChI is InChI=1S/C34H44N4O8S/c1-34(2,3)46-33(42)36-22-23-16-19-37(20-17-23)29(39)18-21-38(47(43,44)26-14-12-25(45-4)13-15-26)32(41)30(31(35)40)28-11-7-9-24-8-5-6-10-27(24)28/h5-15,23,30,32,41H,16-22H2,1-4H3,(H2,35,40)(H,36,42). The number of hydrogen-bond donors (Lipinski definition) is 3. The Morgan fingerprint density at radius 2 is 1.66 bits per heavy atom. The van der Waals surface area contributed by atoms with E-state index in [2.05, 4.69) is 5.32 Å². The Kier molecular flexibility index (Phi) is 11.5. The predicted molar refractivity (Wildman–Crippen MR) is 177 cm³/mol. The molecule has 1 aliphatic heterocycles. The van der Waals surface area contributed by atoms with Gasteiger partial charge in [-0.25, -0.2) is 13.2 Å². The van der Waals surface area contributed by atoms with Crippen LogP contribution < -0.4 is 15.8 Å². The van der Waals surface area contributed by atoms with Gasteiger partial charge < -0.3 is 30.5 Å². The van der Waals surface area contributed by atoms with Crippen molar-refractivity contribution in [2.45, 2.75) is 62.7 Å². The van der Waals surface area contributed by atoms with E-state index in [0.717, 1.165) is 9.69 Å². The van der Waals surface area contributed by atoms with E-state index in [1.165, 1.54) is 31.4 Å². The van der Waals surface area contributed by atoms with Gasteiger partial charge in [-0.2, -0.15) is 4.31 Å². The largest absolute Gasteiger partial charge is 0.497 e. The van der Waals surface area contributed by atoms with E-state index in [9.17, 15) is 27.9 Å². The highest BCUT2D eigenvalue weighted by molar-refractivity contribution is 7.89. The number of ether oxygens (including phenoxy) is 2. The molecule has 0 aliphatic carbocycles. The lowest BCUT2D eigenvalue weighted by Crippen LogP contribution is -2.49. The SMILES string of the molecule is COc1ccc(S(=O)(=O)N(CCC(=O)N2CCC(CNC(=O)OC(C)(C)C)CC2)C(O)C(C(N)=O)c2cccc3ccccc23)cc1. The Morgan fingerprint density at radius 3 is 2.28 bits per heavy atom. The van der Waals surface area contributed by atoms with Gasteiger partial charge in [0.2, 0.25) is 21.8 Å². The zero-order valence-electron chi connectivity index (χ0n) is 27.2. The lowest BCUT2D eigenvalue weighted by molar-refractivity contribution is -0.133. The van der Waals surface area contributed by atoms with E-state index in [1.807, 2.05) is 18.2 Å². The summed E-state index contributed by atoms with van der Waals surface area (Å²) in [5.41, 5.74) is 5.60. The molecule has 3 aromatic carbocycles. The zero-order chi connectivity index (χ0) is 34.4. The molecule has 0 spiro atoms. The van der Waals surface area contributed by atoms with Crippen LogP contribution in [0, 0.1) is 5.92 Å². The number of benzene rings is 3. The molecule has 2 atom stereocenters. The first kappa shape index (κ1) is 35.7. The van der Waals surface area contributed by atoms with E-state index < -0.39 is 46.3 Å². The van der Waals surface area contributed by atoms with Crippen molar-refractivity contribution in [3.8, 4) is 5.75 Å². The number of amides is 3. The summed E-state index contributed by atoms with van der Waals surface area (Å²) in [6.07, 6.45) is -1.37. The van der Waals surface area contributed by atoms with Crippen LogP contribution in [0.15, 0.2) is 71.6 Å².